The van der Waals surface area contributed by atoms with E-state index in [1.807, 2.05) is 0 Å². The van der Waals surface area contributed by atoms with Crippen molar-refractivity contribution in [1.29, 1.82) is 0 Å². The first-order valence-corrected chi connectivity index (χ1v) is 2.15. The van der Waals surface area contributed by atoms with Gasteiger partial charge in [0.1, 0.15) is 0 Å². The number of nitrogens with two attached hydrogens (primary N) is 1. The number of hydrogen-bond donors (Lipinski definition) is 2. The second-order valence-corrected chi connectivity index (χ2v) is 1.40. The molecule has 0 aliphatic heterocycles. The summed E-state index contributed by atoms with van der Waals surface area (Å²) < 4.78 is 0. The number of amides is 1. The van der Waals surface area contributed by atoms with Crippen molar-refractivity contribution >= 4 is 5.91 Å². The fraction of sp³-hybridized carbons (Fsp3) is 0.750. The van der Waals surface area contributed by atoms with Crippen molar-refractivity contribution in [3.63, 3.8) is 0 Å². The lowest BCUT2D eigenvalue weighted by Crippen LogP contribution is -2.35. The summed E-state index contributed by atoms with van der Waals surface area (Å²) >= 11 is 0. The summed E-state index contributed by atoms with van der Waals surface area (Å²) in [7, 11) is 1.56. The van der Waals surface area contributed by atoms with E-state index in [9.17, 15) is 4.79 Å². The molecule has 0 saturated carbocycles. The minimum Gasteiger partial charge on any atom is -0.358 e. The monoisotopic (exact) mass is 102 g/mol. The maximum Gasteiger partial charge on any atom is 0.236 e. The third kappa shape index (κ3) is 2.17. The van der Waals surface area contributed by atoms with Gasteiger partial charge in [-0.05, 0) is 6.92 Å². The molecule has 0 aliphatic carbocycles. The Labute approximate surface area is 42.9 Å². The van der Waals surface area contributed by atoms with Crippen LogP contribution in [0.3, 0.4) is 0 Å². The molecular weight excluding hydrogens is 92.1 g/mol. The zero-order chi connectivity index (χ0) is 5.86. The van der Waals surface area contributed by atoms with E-state index in [2.05, 4.69) is 5.32 Å². The van der Waals surface area contributed by atoms with E-state index in [1.165, 1.54) is 0 Å². The Morgan fingerprint density at radius 2 is 2.29 bits per heavy atom. The minimum absolute atomic E-state index is 0.125. The van der Waals surface area contributed by atoms with E-state index >= 15 is 0 Å². The maximum atomic E-state index is 10.3. The molecule has 3 N–H and O–H groups in total. The van der Waals surface area contributed by atoms with E-state index < -0.39 is 0 Å². The number of rotatable bonds is 1. The van der Waals surface area contributed by atoms with Gasteiger partial charge in [0.15, 0.2) is 0 Å². The summed E-state index contributed by atoms with van der Waals surface area (Å²) in [5.41, 5.74) is 5.13. The number of carbonyl (C=O) groups excluding carboxylic acids is 1. The lowest BCUT2D eigenvalue weighted by atomic mass is 10.3. The molecule has 0 radical (unpaired) electrons. The van der Waals surface area contributed by atoms with Gasteiger partial charge in [-0.2, -0.15) is 0 Å². The highest BCUT2D eigenvalue weighted by Crippen LogP contribution is 1.69. The molecule has 0 unspecified atom stereocenters. The summed E-state index contributed by atoms with van der Waals surface area (Å²) in [6.45, 7) is 1.64. The van der Waals surface area contributed by atoms with Crippen molar-refractivity contribution in [3.05, 3.63) is 0 Å². The van der Waals surface area contributed by atoms with Crippen molar-refractivity contribution in [1.82, 2.24) is 5.32 Å². The molecule has 0 aromatic heterocycles. The second kappa shape index (κ2) is 2.58. The normalized spacial score (nSPS) is 13.0. The van der Waals surface area contributed by atoms with E-state index in [0.29, 0.717) is 0 Å². The zero-order valence-electron chi connectivity index (χ0n) is 4.56. The molecule has 1 amide bonds. The van der Waals surface area contributed by atoms with Crippen molar-refractivity contribution in [2.24, 2.45) is 5.73 Å². The third-order valence-electron chi connectivity index (χ3n) is 0.660. The van der Waals surface area contributed by atoms with Crippen LogP contribution in [0.25, 0.3) is 0 Å². The predicted molar refractivity (Wildman–Crippen MR) is 27.7 cm³/mol. The van der Waals surface area contributed by atoms with Crippen LogP contribution >= 0.6 is 0 Å². The topological polar surface area (TPSA) is 55.1 Å². The lowest BCUT2D eigenvalue weighted by molar-refractivity contribution is -0.121. The summed E-state index contributed by atoms with van der Waals surface area (Å²) in [6.07, 6.45) is 0. The average molecular weight is 102 g/mol. The first-order valence-electron chi connectivity index (χ1n) is 2.15. The molecule has 1 atom stereocenters. The zero-order valence-corrected chi connectivity index (χ0v) is 4.56. The van der Waals surface area contributed by atoms with Crippen LogP contribution < -0.4 is 11.1 Å². The fourth-order valence-electron chi connectivity index (χ4n) is 0.228. The third-order valence-corrected chi connectivity index (χ3v) is 0.660. The Bertz CT molecular complexity index is 70.1. The van der Waals surface area contributed by atoms with Crippen molar-refractivity contribution in [3.8, 4) is 0 Å². The van der Waals surface area contributed by atoms with Crippen LogP contribution in [0.15, 0.2) is 0 Å². The van der Waals surface area contributed by atoms with Gasteiger partial charge in [0.25, 0.3) is 0 Å². The SMILES string of the molecule is CNC(=O)[C@@H](C)N. The highest BCUT2D eigenvalue weighted by Gasteiger charge is 2.00. The summed E-state index contributed by atoms with van der Waals surface area (Å²) in [4.78, 5) is 10.3. The van der Waals surface area contributed by atoms with Gasteiger partial charge in [0.2, 0.25) is 5.91 Å². The molecule has 3 heteroatoms. The highest BCUT2D eigenvalue weighted by atomic mass is 16.2. The molecule has 0 aromatic rings. The van der Waals surface area contributed by atoms with Crippen LogP contribution in [0, 0.1) is 0 Å². The van der Waals surface area contributed by atoms with Crippen LogP contribution in [0.1, 0.15) is 6.92 Å². The molecule has 0 bridgehead atoms. The van der Waals surface area contributed by atoms with Crippen LogP contribution in [0.4, 0.5) is 0 Å². The first kappa shape index (κ1) is 6.43. The number of carbonyl (C=O) groups is 1. The molecule has 0 saturated heterocycles. The van der Waals surface area contributed by atoms with Crippen LogP contribution in [-0.2, 0) is 4.79 Å². The van der Waals surface area contributed by atoms with E-state index in [0.717, 1.165) is 0 Å². The molecular formula is C4H10N2O. The van der Waals surface area contributed by atoms with E-state index in [1.54, 1.807) is 14.0 Å². The molecule has 7 heavy (non-hydrogen) atoms. The standard InChI is InChI=1S/C4H10N2O/c1-3(5)4(7)6-2/h3H,5H2,1-2H3,(H,6,7)/t3-/m1/s1. The Morgan fingerprint density at radius 1 is 1.86 bits per heavy atom. The largest absolute Gasteiger partial charge is 0.358 e. The molecule has 0 fully saturated rings. The molecule has 0 heterocycles. The summed E-state index contributed by atoms with van der Waals surface area (Å²) in [6, 6.07) is -0.384. The summed E-state index contributed by atoms with van der Waals surface area (Å²) in [5, 5.41) is 2.40. The average Bonchev–Trinajstić information content (AvgIpc) is 1.65. The van der Waals surface area contributed by atoms with Crippen LogP contribution in [-0.4, -0.2) is 19.0 Å². The smallest absolute Gasteiger partial charge is 0.236 e. The van der Waals surface area contributed by atoms with Gasteiger partial charge in [-0.25, -0.2) is 0 Å². The quantitative estimate of drug-likeness (QED) is 0.450. The van der Waals surface area contributed by atoms with Gasteiger partial charge < -0.3 is 11.1 Å². The van der Waals surface area contributed by atoms with Gasteiger partial charge in [-0.15, -0.1) is 0 Å². The molecule has 0 rings (SSSR count). The van der Waals surface area contributed by atoms with Crippen LogP contribution in [0.5, 0.6) is 0 Å². The Kier molecular flexibility index (Phi) is 2.37. The van der Waals surface area contributed by atoms with Gasteiger partial charge >= 0.3 is 0 Å². The first-order chi connectivity index (χ1) is 3.18. The highest BCUT2D eigenvalue weighted by molar-refractivity contribution is 5.80. The maximum absolute atomic E-state index is 10.3. The molecule has 42 valence electrons. The second-order valence-electron chi connectivity index (χ2n) is 1.40. The Balaban J connectivity index is 3.35. The van der Waals surface area contributed by atoms with Gasteiger partial charge in [-0.3, -0.25) is 4.79 Å². The van der Waals surface area contributed by atoms with Gasteiger partial charge in [-0.1, -0.05) is 0 Å². The Hall–Kier alpha value is -0.570. The molecule has 0 aromatic carbocycles. The number of nitrogens with one attached hydrogen (secondary N) is 1. The molecule has 0 aliphatic rings. The van der Waals surface area contributed by atoms with Gasteiger partial charge in [0, 0.05) is 7.05 Å². The molecule has 3 nitrogen and oxygen atoms in total. The van der Waals surface area contributed by atoms with Crippen molar-refractivity contribution in [2.75, 3.05) is 7.05 Å². The van der Waals surface area contributed by atoms with Crippen molar-refractivity contribution < 1.29 is 4.79 Å². The predicted octanol–water partition coefficient (Wildman–Crippen LogP) is -0.920. The van der Waals surface area contributed by atoms with E-state index in [4.69, 9.17) is 5.73 Å². The Morgan fingerprint density at radius 3 is 2.29 bits per heavy atom. The van der Waals surface area contributed by atoms with Crippen LogP contribution in [0.2, 0.25) is 0 Å². The lowest BCUT2D eigenvalue weighted by Gasteiger charge is -1.99. The van der Waals surface area contributed by atoms with E-state index in [-0.39, 0.29) is 11.9 Å². The fourth-order valence-corrected chi connectivity index (χ4v) is 0.228. The van der Waals surface area contributed by atoms with Gasteiger partial charge in [0.05, 0.1) is 6.04 Å². The number of hydrogen-bond acceptors (Lipinski definition) is 2. The summed E-state index contributed by atoms with van der Waals surface area (Å²) in [5.74, 6) is -0.125. The van der Waals surface area contributed by atoms with Crippen molar-refractivity contribution in [2.45, 2.75) is 13.0 Å². The number of likely N-dealkylation sites (N-methyl/N-ethyl adjacent to an activating group) is 1. The minimum atomic E-state index is -0.384. The molecule has 0 spiro atoms.